The number of nitriles is 1. The van der Waals surface area contributed by atoms with Gasteiger partial charge < -0.3 is 20.7 Å². The smallest absolute Gasteiger partial charge is 0.407 e. The second-order valence-corrected chi connectivity index (χ2v) is 6.87. The van der Waals surface area contributed by atoms with Crippen LogP contribution in [0.5, 0.6) is 0 Å². The van der Waals surface area contributed by atoms with Crippen LogP contribution in [0, 0.1) is 11.3 Å². The zero-order valence-corrected chi connectivity index (χ0v) is 16.6. The molecule has 0 spiro atoms. The zero-order chi connectivity index (χ0) is 21.3. The van der Waals surface area contributed by atoms with Gasteiger partial charge in [-0.1, -0.05) is 18.2 Å². The van der Waals surface area contributed by atoms with Crippen LogP contribution < -0.4 is 16.0 Å². The highest BCUT2D eigenvalue weighted by Crippen LogP contribution is 2.22. The third-order valence-corrected chi connectivity index (χ3v) is 4.78. The van der Waals surface area contributed by atoms with Gasteiger partial charge in [-0.05, 0) is 24.3 Å². The predicted octanol–water partition coefficient (Wildman–Crippen LogP) is 0.954. The summed E-state index contributed by atoms with van der Waals surface area (Å²) < 4.78 is 4.65. The van der Waals surface area contributed by atoms with E-state index in [9.17, 15) is 9.59 Å². The molecule has 2 heterocycles. The van der Waals surface area contributed by atoms with E-state index >= 15 is 0 Å². The molecule has 0 unspecified atom stereocenters. The molecule has 1 aliphatic heterocycles. The van der Waals surface area contributed by atoms with Gasteiger partial charge in [0.2, 0.25) is 0 Å². The van der Waals surface area contributed by atoms with Gasteiger partial charge in [-0.25, -0.2) is 9.78 Å². The summed E-state index contributed by atoms with van der Waals surface area (Å²) in [5.41, 5.74) is 7.40. The SMILES string of the molecule is N#Cc1ccc(-c2cccc(N3CCN(CCNC(=O)OCC(N)=O)CC3)n2)cc1. The van der Waals surface area contributed by atoms with Crippen molar-refractivity contribution in [1.29, 1.82) is 5.26 Å². The zero-order valence-electron chi connectivity index (χ0n) is 16.6. The molecule has 9 heteroatoms. The number of pyridine rings is 1. The van der Waals surface area contributed by atoms with Crippen molar-refractivity contribution in [1.82, 2.24) is 15.2 Å². The first-order chi connectivity index (χ1) is 14.5. The Balaban J connectivity index is 1.47. The molecule has 0 bridgehead atoms. The van der Waals surface area contributed by atoms with Gasteiger partial charge in [-0.15, -0.1) is 0 Å². The molecule has 0 saturated carbocycles. The molecule has 30 heavy (non-hydrogen) atoms. The number of nitrogens with one attached hydrogen (secondary N) is 1. The van der Waals surface area contributed by atoms with Crippen molar-refractivity contribution in [3.63, 3.8) is 0 Å². The molecule has 0 atom stereocenters. The van der Waals surface area contributed by atoms with Crippen molar-refractivity contribution in [2.24, 2.45) is 5.73 Å². The van der Waals surface area contributed by atoms with Gasteiger partial charge in [-0.2, -0.15) is 5.26 Å². The number of primary amides is 1. The Kier molecular flexibility index (Phi) is 7.19. The molecular weight excluding hydrogens is 384 g/mol. The third-order valence-electron chi connectivity index (χ3n) is 4.78. The summed E-state index contributed by atoms with van der Waals surface area (Å²) in [7, 11) is 0. The molecule has 1 fully saturated rings. The van der Waals surface area contributed by atoms with Gasteiger partial charge in [0, 0.05) is 44.8 Å². The summed E-state index contributed by atoms with van der Waals surface area (Å²) in [6.45, 7) is 4.06. The fourth-order valence-electron chi connectivity index (χ4n) is 3.18. The van der Waals surface area contributed by atoms with Crippen molar-refractivity contribution >= 4 is 17.8 Å². The number of carbonyl (C=O) groups is 2. The molecule has 1 aromatic heterocycles. The first-order valence-electron chi connectivity index (χ1n) is 9.69. The molecular formula is C21H24N6O3. The summed E-state index contributed by atoms with van der Waals surface area (Å²) in [5.74, 6) is 0.239. The van der Waals surface area contributed by atoms with Crippen molar-refractivity contribution in [2.75, 3.05) is 50.8 Å². The molecule has 0 aliphatic carbocycles. The van der Waals surface area contributed by atoms with Gasteiger partial charge in [0.05, 0.1) is 17.3 Å². The van der Waals surface area contributed by atoms with Crippen LogP contribution in [0.25, 0.3) is 11.3 Å². The average Bonchev–Trinajstić information content (AvgIpc) is 2.78. The molecule has 156 valence electrons. The van der Waals surface area contributed by atoms with Gasteiger partial charge in [0.25, 0.3) is 5.91 Å². The van der Waals surface area contributed by atoms with E-state index in [4.69, 9.17) is 16.0 Å². The van der Waals surface area contributed by atoms with Crippen molar-refractivity contribution in [3.8, 4) is 17.3 Å². The van der Waals surface area contributed by atoms with Crippen LogP contribution in [-0.4, -0.2) is 67.8 Å². The first-order valence-corrected chi connectivity index (χ1v) is 9.69. The molecule has 1 saturated heterocycles. The molecule has 3 N–H and O–H groups in total. The number of nitrogens with two attached hydrogens (primary N) is 1. The molecule has 9 nitrogen and oxygen atoms in total. The Labute approximate surface area is 175 Å². The normalized spacial score (nSPS) is 14.0. The number of hydrogen-bond acceptors (Lipinski definition) is 7. The third kappa shape index (κ3) is 5.93. The molecule has 1 aromatic carbocycles. The molecule has 0 radical (unpaired) electrons. The van der Waals surface area contributed by atoms with E-state index in [-0.39, 0.29) is 0 Å². The van der Waals surface area contributed by atoms with Gasteiger partial charge in [0.15, 0.2) is 6.61 Å². The Morgan fingerprint density at radius 1 is 1.13 bits per heavy atom. The van der Waals surface area contributed by atoms with Crippen molar-refractivity contribution in [3.05, 3.63) is 48.0 Å². The minimum atomic E-state index is -0.682. The van der Waals surface area contributed by atoms with Crippen LogP contribution in [0.4, 0.5) is 10.6 Å². The topological polar surface area (TPSA) is 125 Å². The Morgan fingerprint density at radius 2 is 1.87 bits per heavy atom. The van der Waals surface area contributed by atoms with Crippen LogP contribution >= 0.6 is 0 Å². The number of hydrogen-bond donors (Lipinski definition) is 2. The molecule has 3 rings (SSSR count). The van der Waals surface area contributed by atoms with Crippen LogP contribution in [0.3, 0.4) is 0 Å². The second kappa shape index (κ2) is 10.2. The largest absolute Gasteiger partial charge is 0.439 e. The van der Waals surface area contributed by atoms with E-state index in [1.807, 2.05) is 30.3 Å². The lowest BCUT2D eigenvalue weighted by Gasteiger charge is -2.35. The maximum absolute atomic E-state index is 11.4. The number of rotatable bonds is 7. The van der Waals surface area contributed by atoms with E-state index in [0.29, 0.717) is 18.7 Å². The predicted molar refractivity (Wildman–Crippen MR) is 112 cm³/mol. The van der Waals surface area contributed by atoms with Crippen LogP contribution in [0.15, 0.2) is 42.5 Å². The number of amides is 2. The number of benzene rings is 1. The van der Waals surface area contributed by atoms with Gasteiger partial charge in [-0.3, -0.25) is 9.69 Å². The lowest BCUT2D eigenvalue weighted by molar-refractivity contribution is -0.120. The minimum Gasteiger partial charge on any atom is -0.439 e. The highest BCUT2D eigenvalue weighted by atomic mass is 16.6. The standard InChI is InChI=1S/C21H24N6O3/c22-14-16-4-6-17(7-5-16)18-2-1-3-20(25-18)27-12-10-26(11-13-27)9-8-24-21(29)30-15-19(23)28/h1-7H,8-13,15H2,(H2,23,28)(H,24,29). The average molecular weight is 408 g/mol. The number of piperazine rings is 1. The summed E-state index contributed by atoms with van der Waals surface area (Å²) in [4.78, 5) is 31.3. The maximum Gasteiger partial charge on any atom is 0.407 e. The van der Waals surface area contributed by atoms with Crippen LogP contribution in [0.2, 0.25) is 0 Å². The summed E-state index contributed by atoms with van der Waals surface area (Å²) in [6, 6.07) is 15.5. The number of carbonyl (C=O) groups excluding carboxylic acids is 2. The quantitative estimate of drug-likeness (QED) is 0.699. The van der Waals surface area contributed by atoms with E-state index in [1.165, 1.54) is 0 Å². The van der Waals surface area contributed by atoms with Crippen LogP contribution in [-0.2, 0) is 9.53 Å². The lowest BCUT2D eigenvalue weighted by atomic mass is 10.1. The fourth-order valence-corrected chi connectivity index (χ4v) is 3.18. The van der Waals surface area contributed by atoms with Gasteiger partial charge >= 0.3 is 6.09 Å². The van der Waals surface area contributed by atoms with E-state index in [2.05, 4.69) is 25.9 Å². The molecule has 1 aliphatic rings. The first kappa shape index (κ1) is 21.1. The number of ether oxygens (including phenoxy) is 1. The highest BCUT2D eigenvalue weighted by molar-refractivity contribution is 5.78. The lowest BCUT2D eigenvalue weighted by Crippen LogP contribution is -2.48. The van der Waals surface area contributed by atoms with E-state index in [0.717, 1.165) is 43.3 Å². The Hall–Kier alpha value is -3.64. The number of anilines is 1. The number of nitrogens with zero attached hydrogens (tertiary/aromatic N) is 4. The second-order valence-electron chi connectivity index (χ2n) is 6.87. The van der Waals surface area contributed by atoms with Gasteiger partial charge in [0.1, 0.15) is 5.82 Å². The summed E-state index contributed by atoms with van der Waals surface area (Å²) >= 11 is 0. The summed E-state index contributed by atoms with van der Waals surface area (Å²) in [6.07, 6.45) is -0.642. The molecule has 2 amide bonds. The fraction of sp³-hybridized carbons (Fsp3) is 0.333. The Bertz CT molecular complexity index is 917. The van der Waals surface area contributed by atoms with Crippen LogP contribution in [0.1, 0.15) is 5.56 Å². The van der Waals surface area contributed by atoms with E-state index < -0.39 is 18.6 Å². The number of aromatic nitrogens is 1. The minimum absolute atomic E-state index is 0.418. The molecule has 2 aromatic rings. The van der Waals surface area contributed by atoms with E-state index in [1.54, 1.807) is 12.1 Å². The maximum atomic E-state index is 11.4. The number of alkyl carbamates (subject to hydrolysis) is 1. The van der Waals surface area contributed by atoms with Crippen molar-refractivity contribution in [2.45, 2.75) is 0 Å². The highest BCUT2D eigenvalue weighted by Gasteiger charge is 2.18. The summed E-state index contributed by atoms with van der Waals surface area (Å²) in [5, 5.41) is 11.5. The van der Waals surface area contributed by atoms with Crippen molar-refractivity contribution < 1.29 is 14.3 Å². The Morgan fingerprint density at radius 3 is 2.53 bits per heavy atom. The monoisotopic (exact) mass is 408 g/mol.